The number of amides is 1. The zero-order chi connectivity index (χ0) is 18.8. The number of nitrogens with one attached hydrogen (secondary N) is 1. The number of hydrazone groups is 1. The Morgan fingerprint density at radius 3 is 2.42 bits per heavy atom. The van der Waals surface area contributed by atoms with E-state index in [-0.39, 0.29) is 6.61 Å². The summed E-state index contributed by atoms with van der Waals surface area (Å²) < 4.78 is 10.6. The molecule has 1 amide bonds. The molecule has 2 aromatic carbocycles. The van der Waals surface area contributed by atoms with Crippen LogP contribution in [0.25, 0.3) is 0 Å². The molecule has 0 saturated heterocycles. The van der Waals surface area contributed by atoms with Crippen molar-refractivity contribution in [2.75, 3.05) is 6.61 Å². The van der Waals surface area contributed by atoms with Gasteiger partial charge in [-0.2, -0.15) is 15.6 Å². The van der Waals surface area contributed by atoms with Crippen molar-refractivity contribution in [3.8, 4) is 23.6 Å². The number of ether oxygens (including phenoxy) is 2. The summed E-state index contributed by atoms with van der Waals surface area (Å²) in [6, 6.07) is 17.3. The molecular formula is C19H16N4O3. The number of nitrogens with zero attached hydrogens (tertiary/aromatic N) is 3. The van der Waals surface area contributed by atoms with Crippen LogP contribution in [0.4, 0.5) is 0 Å². The molecule has 0 aliphatic carbocycles. The van der Waals surface area contributed by atoms with Crippen LogP contribution in [0.3, 0.4) is 0 Å². The van der Waals surface area contributed by atoms with E-state index >= 15 is 0 Å². The molecule has 1 N–H and O–H groups in total. The largest absolute Gasteiger partial charge is 0.481 e. The number of hydrogen-bond acceptors (Lipinski definition) is 6. The molecule has 0 aliphatic heterocycles. The Bertz CT molecular complexity index is 846. The average Bonchev–Trinajstić information content (AvgIpc) is 2.67. The molecule has 1 atom stereocenters. The summed E-state index contributed by atoms with van der Waals surface area (Å²) in [5, 5.41) is 21.1. The maximum Gasteiger partial charge on any atom is 0.280 e. The second-order valence-electron chi connectivity index (χ2n) is 5.15. The van der Waals surface area contributed by atoms with E-state index < -0.39 is 12.0 Å². The van der Waals surface area contributed by atoms with Gasteiger partial charge in [0.1, 0.15) is 17.6 Å². The Morgan fingerprint density at radius 2 is 1.81 bits per heavy atom. The molecule has 2 rings (SSSR count). The first-order chi connectivity index (χ1) is 12.6. The number of benzene rings is 2. The molecule has 0 fully saturated rings. The van der Waals surface area contributed by atoms with Gasteiger partial charge in [0.05, 0.1) is 17.8 Å². The fourth-order valence-corrected chi connectivity index (χ4v) is 1.89. The molecule has 7 nitrogen and oxygen atoms in total. The van der Waals surface area contributed by atoms with Crippen molar-refractivity contribution < 1.29 is 14.3 Å². The first kappa shape index (κ1) is 18.5. The molecule has 7 heteroatoms. The van der Waals surface area contributed by atoms with Gasteiger partial charge in [-0.3, -0.25) is 4.79 Å². The molecule has 0 saturated carbocycles. The van der Waals surface area contributed by atoms with Crippen molar-refractivity contribution in [1.29, 1.82) is 10.5 Å². The number of hydrogen-bond donors (Lipinski definition) is 1. The lowest BCUT2D eigenvalue weighted by molar-refractivity contribution is -0.127. The van der Waals surface area contributed by atoms with Crippen molar-refractivity contribution in [2.24, 2.45) is 5.10 Å². The van der Waals surface area contributed by atoms with Crippen LogP contribution >= 0.6 is 0 Å². The van der Waals surface area contributed by atoms with Gasteiger partial charge in [-0.15, -0.1) is 0 Å². The number of rotatable bonds is 7. The predicted octanol–water partition coefficient (Wildman–Crippen LogP) is 2.38. The lowest BCUT2D eigenvalue weighted by Crippen LogP contribution is -2.33. The van der Waals surface area contributed by atoms with Crippen LogP contribution in [-0.4, -0.2) is 24.8 Å². The lowest BCUT2D eigenvalue weighted by Gasteiger charge is -2.12. The maximum atomic E-state index is 12.0. The summed E-state index contributed by atoms with van der Waals surface area (Å²) in [6.45, 7) is 1.59. The molecule has 0 radical (unpaired) electrons. The normalized spacial score (nSPS) is 11.2. The predicted molar refractivity (Wildman–Crippen MR) is 94.5 cm³/mol. The summed E-state index contributed by atoms with van der Waals surface area (Å²) in [4.78, 5) is 12.0. The fourth-order valence-electron chi connectivity index (χ4n) is 1.89. The minimum absolute atomic E-state index is 0.0133. The Hall–Kier alpha value is -3.84. The van der Waals surface area contributed by atoms with E-state index in [4.69, 9.17) is 20.0 Å². The Kier molecular flexibility index (Phi) is 6.73. The third-order valence-electron chi connectivity index (χ3n) is 3.24. The van der Waals surface area contributed by atoms with Crippen LogP contribution in [-0.2, 0) is 4.79 Å². The van der Waals surface area contributed by atoms with Crippen LogP contribution < -0.4 is 14.9 Å². The van der Waals surface area contributed by atoms with Gasteiger partial charge in [-0.1, -0.05) is 0 Å². The van der Waals surface area contributed by atoms with E-state index in [1.807, 2.05) is 12.1 Å². The van der Waals surface area contributed by atoms with Gasteiger partial charge in [-0.05, 0) is 61.0 Å². The molecule has 0 aromatic heterocycles. The van der Waals surface area contributed by atoms with Gasteiger partial charge < -0.3 is 9.47 Å². The highest BCUT2D eigenvalue weighted by molar-refractivity contribution is 5.84. The third kappa shape index (κ3) is 5.66. The van der Waals surface area contributed by atoms with Gasteiger partial charge >= 0.3 is 0 Å². The lowest BCUT2D eigenvalue weighted by atomic mass is 10.2. The Morgan fingerprint density at radius 1 is 1.15 bits per heavy atom. The molecule has 0 bridgehead atoms. The van der Waals surface area contributed by atoms with Gasteiger partial charge in [0.25, 0.3) is 5.91 Å². The highest BCUT2D eigenvalue weighted by Gasteiger charge is 2.13. The maximum absolute atomic E-state index is 12.0. The smallest absolute Gasteiger partial charge is 0.280 e. The van der Waals surface area contributed by atoms with Crippen LogP contribution in [0.2, 0.25) is 0 Å². The van der Waals surface area contributed by atoms with E-state index in [0.717, 1.165) is 5.56 Å². The summed E-state index contributed by atoms with van der Waals surface area (Å²) >= 11 is 0. The highest BCUT2D eigenvalue weighted by Crippen LogP contribution is 2.13. The third-order valence-corrected chi connectivity index (χ3v) is 3.24. The van der Waals surface area contributed by atoms with E-state index in [2.05, 4.69) is 10.5 Å². The monoisotopic (exact) mass is 348 g/mol. The molecule has 0 aliphatic rings. The van der Waals surface area contributed by atoms with Crippen LogP contribution in [0.1, 0.15) is 18.1 Å². The van der Waals surface area contributed by atoms with Crippen molar-refractivity contribution in [3.05, 3.63) is 59.7 Å². The van der Waals surface area contributed by atoms with Gasteiger partial charge in [0, 0.05) is 0 Å². The number of nitriles is 2. The van der Waals surface area contributed by atoms with Crippen molar-refractivity contribution in [2.45, 2.75) is 13.0 Å². The average molecular weight is 348 g/mol. The van der Waals surface area contributed by atoms with Crippen molar-refractivity contribution >= 4 is 12.1 Å². The Balaban J connectivity index is 1.83. The van der Waals surface area contributed by atoms with Crippen LogP contribution in [0.15, 0.2) is 53.6 Å². The molecule has 26 heavy (non-hydrogen) atoms. The Labute approximate surface area is 151 Å². The standard InChI is InChI=1S/C19H16N4O3/c1-14(26-18-8-2-15(12-21)3-9-18)19(24)23-22-13-16-4-6-17(7-5-16)25-11-10-20/h2-9,13-14H,11H2,1H3,(H,23,24)/b22-13-/t14-/m1/s1. The SMILES string of the molecule is C[C@@H](Oc1ccc(C#N)cc1)C(=O)N/N=C\c1ccc(OCC#N)cc1. The van der Waals surface area contributed by atoms with E-state index in [0.29, 0.717) is 17.1 Å². The van der Waals surface area contributed by atoms with E-state index in [1.165, 1.54) is 6.21 Å². The van der Waals surface area contributed by atoms with Gasteiger partial charge in [0.2, 0.25) is 0 Å². The summed E-state index contributed by atoms with van der Waals surface area (Å²) in [5.74, 6) is 0.667. The molecule has 2 aromatic rings. The second-order valence-corrected chi connectivity index (χ2v) is 5.15. The molecule has 0 spiro atoms. The quantitative estimate of drug-likeness (QED) is 0.610. The second kappa shape index (κ2) is 9.45. The number of carbonyl (C=O) groups excluding carboxylic acids is 1. The minimum Gasteiger partial charge on any atom is -0.481 e. The molecule has 0 heterocycles. The van der Waals surface area contributed by atoms with Gasteiger partial charge in [0.15, 0.2) is 12.7 Å². The van der Waals surface area contributed by atoms with E-state index in [1.54, 1.807) is 55.5 Å². The first-order valence-corrected chi connectivity index (χ1v) is 7.72. The molecule has 130 valence electrons. The summed E-state index contributed by atoms with van der Waals surface area (Å²) in [7, 11) is 0. The zero-order valence-corrected chi connectivity index (χ0v) is 14.0. The van der Waals surface area contributed by atoms with Crippen LogP contribution in [0.5, 0.6) is 11.5 Å². The summed E-state index contributed by atoms with van der Waals surface area (Å²) in [6.07, 6.45) is 0.738. The first-order valence-electron chi connectivity index (χ1n) is 7.72. The fraction of sp³-hybridized carbons (Fsp3) is 0.158. The topological polar surface area (TPSA) is 108 Å². The summed E-state index contributed by atoms with van der Waals surface area (Å²) in [5.41, 5.74) is 3.68. The highest BCUT2D eigenvalue weighted by atomic mass is 16.5. The minimum atomic E-state index is -0.748. The number of carbonyl (C=O) groups is 1. The van der Waals surface area contributed by atoms with Crippen molar-refractivity contribution in [1.82, 2.24) is 5.43 Å². The van der Waals surface area contributed by atoms with Gasteiger partial charge in [-0.25, -0.2) is 5.43 Å². The zero-order valence-electron chi connectivity index (χ0n) is 14.0. The molecular weight excluding hydrogens is 332 g/mol. The molecule has 0 unspecified atom stereocenters. The van der Waals surface area contributed by atoms with E-state index in [9.17, 15) is 4.79 Å². The van der Waals surface area contributed by atoms with Crippen LogP contribution in [0, 0.1) is 22.7 Å². The van der Waals surface area contributed by atoms with Crippen molar-refractivity contribution in [3.63, 3.8) is 0 Å².